The fourth-order valence-electron chi connectivity index (χ4n) is 2.07. The number of halogens is 1. The fraction of sp³-hybridized carbons (Fsp3) is 0. The van der Waals surface area contributed by atoms with E-state index in [0.29, 0.717) is 0 Å². The van der Waals surface area contributed by atoms with Gasteiger partial charge in [0.15, 0.2) is 0 Å². The summed E-state index contributed by atoms with van der Waals surface area (Å²) in [5.74, 6) is -1.48. The molecule has 3 aromatic rings. The zero-order chi connectivity index (χ0) is 17.9. The summed E-state index contributed by atoms with van der Waals surface area (Å²) in [5, 5.41) is 13.8. The predicted molar refractivity (Wildman–Crippen MR) is 94.2 cm³/mol. The van der Waals surface area contributed by atoms with E-state index in [1.807, 2.05) is 0 Å². The first-order chi connectivity index (χ1) is 12.0. The zero-order valence-corrected chi connectivity index (χ0v) is 14.4. The standard InChI is InChI=1S/C17H13FN2O3S2/c18-13-7-2-1-6-12(13)17(21)19-14-8-3-4-9-15(14)20-25(22,23)16-10-5-11-24-16/h1-11,20H,(H,19,21)/p-1. The summed E-state index contributed by atoms with van der Waals surface area (Å²) in [7, 11) is -3.78. The number of thiophene rings is 1. The number of benzene rings is 2. The Balaban J connectivity index is 1.97. The monoisotopic (exact) mass is 375 g/mol. The van der Waals surface area contributed by atoms with Crippen LogP contribution in [0.1, 0.15) is 5.56 Å². The molecule has 0 aliphatic rings. The first-order valence-electron chi connectivity index (χ1n) is 7.13. The van der Waals surface area contributed by atoms with Crippen LogP contribution in [0.5, 0.6) is 0 Å². The Labute approximate surface area is 148 Å². The molecule has 3 rings (SSSR count). The molecule has 0 bridgehead atoms. The van der Waals surface area contributed by atoms with Gasteiger partial charge in [-0.2, -0.15) is 0 Å². The first kappa shape index (κ1) is 17.1. The average Bonchev–Trinajstić information content (AvgIpc) is 3.12. The second-order valence-electron chi connectivity index (χ2n) is 4.95. The van der Waals surface area contributed by atoms with E-state index >= 15 is 0 Å². The number of hydrogen-bond acceptors (Lipinski definition) is 5. The maximum Gasteiger partial charge on any atom is 0.271 e. The molecule has 1 aromatic heterocycles. The number of nitrogens with zero attached hydrogens (tertiary/aromatic N) is 1. The lowest BCUT2D eigenvalue weighted by Crippen LogP contribution is -2.20. The predicted octanol–water partition coefficient (Wildman–Crippen LogP) is 3.13. The summed E-state index contributed by atoms with van der Waals surface area (Å²) in [6, 6.07) is 14.7. The summed E-state index contributed by atoms with van der Waals surface area (Å²) in [4.78, 5) is 3.85. The van der Waals surface area contributed by atoms with E-state index in [1.54, 1.807) is 23.6 Å². The molecule has 8 heteroatoms. The van der Waals surface area contributed by atoms with E-state index in [9.17, 15) is 17.9 Å². The van der Waals surface area contributed by atoms with Crippen molar-refractivity contribution in [3.05, 3.63) is 77.4 Å². The van der Waals surface area contributed by atoms with E-state index in [0.717, 1.165) is 17.4 Å². The second kappa shape index (κ2) is 7.04. The summed E-state index contributed by atoms with van der Waals surface area (Å²) in [5.41, 5.74) is 0.0647. The largest absolute Gasteiger partial charge is 0.858 e. The fourth-order valence-corrected chi connectivity index (χ4v) is 4.14. The minimum Gasteiger partial charge on any atom is -0.858 e. The third kappa shape index (κ3) is 3.86. The molecule has 0 aliphatic heterocycles. The number of para-hydroxylation sites is 2. The molecule has 0 amide bonds. The van der Waals surface area contributed by atoms with Crippen LogP contribution in [0.4, 0.5) is 15.8 Å². The maximum absolute atomic E-state index is 13.7. The Morgan fingerprint density at radius 2 is 1.76 bits per heavy atom. The average molecular weight is 375 g/mol. The Kier molecular flexibility index (Phi) is 4.82. The summed E-state index contributed by atoms with van der Waals surface area (Å²) >= 11 is 1.07. The lowest BCUT2D eigenvalue weighted by molar-refractivity contribution is -0.212. The van der Waals surface area contributed by atoms with Gasteiger partial charge in [0.2, 0.25) is 0 Å². The van der Waals surface area contributed by atoms with Crippen LogP contribution in [-0.4, -0.2) is 14.3 Å². The summed E-state index contributed by atoms with van der Waals surface area (Å²) in [6.45, 7) is 0. The van der Waals surface area contributed by atoms with E-state index in [2.05, 4.69) is 9.71 Å². The zero-order valence-electron chi connectivity index (χ0n) is 12.7. The number of rotatable bonds is 5. The van der Waals surface area contributed by atoms with Crippen molar-refractivity contribution in [2.24, 2.45) is 4.99 Å². The molecule has 2 aromatic carbocycles. The molecule has 0 aliphatic carbocycles. The van der Waals surface area contributed by atoms with Gasteiger partial charge in [-0.3, -0.25) is 9.71 Å². The van der Waals surface area contributed by atoms with Gasteiger partial charge in [0.25, 0.3) is 10.0 Å². The van der Waals surface area contributed by atoms with Crippen molar-refractivity contribution in [1.82, 2.24) is 0 Å². The normalized spacial score (nSPS) is 12.1. The highest BCUT2D eigenvalue weighted by Gasteiger charge is 2.16. The highest BCUT2D eigenvalue weighted by atomic mass is 32.2. The van der Waals surface area contributed by atoms with Crippen molar-refractivity contribution in [3.8, 4) is 0 Å². The van der Waals surface area contributed by atoms with Crippen LogP contribution in [0.2, 0.25) is 0 Å². The van der Waals surface area contributed by atoms with Crippen molar-refractivity contribution < 1.29 is 17.9 Å². The van der Waals surface area contributed by atoms with Crippen molar-refractivity contribution in [2.75, 3.05) is 4.72 Å². The molecular weight excluding hydrogens is 363 g/mol. The SMILES string of the molecule is O=S(=O)(Nc1ccccc1N=C([O-])c1ccccc1F)c1cccs1. The minimum atomic E-state index is -3.78. The van der Waals surface area contributed by atoms with Gasteiger partial charge in [-0.15, -0.1) is 11.3 Å². The van der Waals surface area contributed by atoms with E-state index in [4.69, 9.17) is 0 Å². The van der Waals surface area contributed by atoms with Gasteiger partial charge < -0.3 is 5.11 Å². The van der Waals surface area contributed by atoms with Gasteiger partial charge in [0.05, 0.1) is 11.4 Å². The van der Waals surface area contributed by atoms with Crippen LogP contribution in [0, 0.1) is 5.82 Å². The number of anilines is 1. The second-order valence-corrected chi connectivity index (χ2v) is 7.81. The van der Waals surface area contributed by atoms with Crippen LogP contribution in [-0.2, 0) is 10.0 Å². The molecule has 0 saturated heterocycles. The molecular formula is C17H12FN2O3S2-. The molecule has 0 saturated carbocycles. The molecule has 1 N–H and O–H groups in total. The van der Waals surface area contributed by atoms with Crippen molar-refractivity contribution >= 4 is 38.6 Å². The topological polar surface area (TPSA) is 81.6 Å². The molecule has 0 fully saturated rings. The van der Waals surface area contributed by atoms with Crippen molar-refractivity contribution in [2.45, 2.75) is 4.21 Å². The lowest BCUT2D eigenvalue weighted by Gasteiger charge is -2.14. The molecule has 5 nitrogen and oxygen atoms in total. The third-order valence-corrected chi connectivity index (χ3v) is 6.00. The van der Waals surface area contributed by atoms with Gasteiger partial charge in [0.1, 0.15) is 10.0 Å². The van der Waals surface area contributed by atoms with Crippen LogP contribution in [0.25, 0.3) is 0 Å². The maximum atomic E-state index is 13.7. The molecule has 25 heavy (non-hydrogen) atoms. The number of nitrogens with one attached hydrogen (secondary N) is 1. The van der Waals surface area contributed by atoms with Crippen LogP contribution in [0.3, 0.4) is 0 Å². The van der Waals surface area contributed by atoms with Crippen LogP contribution < -0.4 is 9.83 Å². The van der Waals surface area contributed by atoms with E-state index in [-0.39, 0.29) is 21.1 Å². The number of aliphatic imine (C=N–C) groups is 1. The molecule has 0 atom stereocenters. The Bertz CT molecular complexity index is 1020. The number of sulfonamides is 1. The number of hydrogen-bond donors (Lipinski definition) is 1. The van der Waals surface area contributed by atoms with E-state index in [1.165, 1.54) is 36.4 Å². The van der Waals surface area contributed by atoms with Gasteiger partial charge in [0, 0.05) is 5.56 Å². The molecule has 1 heterocycles. The summed E-state index contributed by atoms with van der Waals surface area (Å²) in [6.07, 6.45) is 0. The minimum absolute atomic E-state index is 0.107. The Hall–Kier alpha value is -2.71. The Morgan fingerprint density at radius 3 is 2.48 bits per heavy atom. The molecule has 0 unspecified atom stereocenters. The smallest absolute Gasteiger partial charge is 0.271 e. The highest BCUT2D eigenvalue weighted by Crippen LogP contribution is 2.28. The summed E-state index contributed by atoms with van der Waals surface area (Å²) < 4.78 is 40.9. The van der Waals surface area contributed by atoms with Gasteiger partial charge in [-0.1, -0.05) is 36.4 Å². The third-order valence-electron chi connectivity index (χ3n) is 3.23. The quantitative estimate of drug-likeness (QED) is 0.549. The van der Waals surface area contributed by atoms with Gasteiger partial charge in [-0.05, 0) is 35.5 Å². The van der Waals surface area contributed by atoms with E-state index < -0.39 is 21.7 Å². The Morgan fingerprint density at radius 1 is 1.04 bits per heavy atom. The van der Waals surface area contributed by atoms with Gasteiger partial charge in [-0.25, -0.2) is 12.8 Å². The van der Waals surface area contributed by atoms with Gasteiger partial charge >= 0.3 is 0 Å². The van der Waals surface area contributed by atoms with Crippen molar-refractivity contribution in [1.29, 1.82) is 0 Å². The van der Waals surface area contributed by atoms with Crippen molar-refractivity contribution in [3.63, 3.8) is 0 Å². The van der Waals surface area contributed by atoms with Crippen LogP contribution in [0.15, 0.2) is 75.2 Å². The lowest BCUT2D eigenvalue weighted by atomic mass is 10.2. The van der Waals surface area contributed by atoms with Crippen LogP contribution >= 0.6 is 11.3 Å². The first-order valence-corrected chi connectivity index (χ1v) is 9.49. The molecule has 0 spiro atoms. The molecule has 128 valence electrons. The highest BCUT2D eigenvalue weighted by molar-refractivity contribution is 7.94. The molecule has 0 radical (unpaired) electrons.